The number of H-pyrrole nitrogens is 1. The molecule has 21 heavy (non-hydrogen) atoms. The van der Waals surface area contributed by atoms with E-state index in [1.54, 1.807) is 0 Å². The molecule has 0 amide bonds. The molecule has 3 nitrogen and oxygen atoms in total. The Morgan fingerprint density at radius 3 is 2.19 bits per heavy atom. The molecule has 3 N–H and O–H groups in total. The van der Waals surface area contributed by atoms with Gasteiger partial charge in [-0.3, -0.25) is 5.10 Å². The van der Waals surface area contributed by atoms with E-state index in [1.165, 1.54) is 11.1 Å². The number of nitrogens with one attached hydrogen (secondary N) is 1. The number of nitrogens with two attached hydrogens (primary N) is 1. The van der Waals surface area contributed by atoms with Crippen molar-refractivity contribution in [3.63, 3.8) is 0 Å². The third kappa shape index (κ3) is 2.55. The first-order valence-electron chi connectivity index (χ1n) is 7.19. The summed E-state index contributed by atoms with van der Waals surface area (Å²) in [5, 5.41) is 7.25. The van der Waals surface area contributed by atoms with Crippen molar-refractivity contribution < 1.29 is 0 Å². The molecule has 0 unspecified atom stereocenters. The number of hydrogen-bond acceptors (Lipinski definition) is 2. The summed E-state index contributed by atoms with van der Waals surface area (Å²) in [5.74, 6) is 0.536. The average Bonchev–Trinajstić information content (AvgIpc) is 2.90. The predicted octanol–water partition coefficient (Wildman–Crippen LogP) is 4.20. The Morgan fingerprint density at radius 2 is 1.57 bits per heavy atom. The Morgan fingerprint density at radius 1 is 0.952 bits per heavy atom. The van der Waals surface area contributed by atoms with Gasteiger partial charge in [0.15, 0.2) is 5.82 Å². The number of aromatic amines is 1. The van der Waals surface area contributed by atoms with Crippen molar-refractivity contribution in [3.05, 3.63) is 59.7 Å². The molecule has 0 aliphatic carbocycles. The molecule has 106 valence electrons. The molecule has 3 rings (SSSR count). The molecule has 0 bridgehead atoms. The summed E-state index contributed by atoms with van der Waals surface area (Å²) < 4.78 is 0. The lowest BCUT2D eigenvalue weighted by molar-refractivity contribution is 1.10. The molecule has 3 heteroatoms. The second kappa shape index (κ2) is 5.44. The van der Waals surface area contributed by atoms with E-state index in [-0.39, 0.29) is 0 Å². The molecular formula is C18H19N3. The topological polar surface area (TPSA) is 54.7 Å². The van der Waals surface area contributed by atoms with Crippen LogP contribution in [0.4, 0.5) is 5.82 Å². The first-order valence-corrected chi connectivity index (χ1v) is 7.19. The van der Waals surface area contributed by atoms with Gasteiger partial charge in [-0.25, -0.2) is 0 Å². The van der Waals surface area contributed by atoms with Crippen molar-refractivity contribution in [2.24, 2.45) is 0 Å². The van der Waals surface area contributed by atoms with Crippen LogP contribution in [0.5, 0.6) is 0 Å². The predicted molar refractivity (Wildman–Crippen MR) is 88.0 cm³/mol. The fourth-order valence-electron chi connectivity index (χ4n) is 2.48. The van der Waals surface area contributed by atoms with Crippen molar-refractivity contribution in [1.82, 2.24) is 10.2 Å². The Balaban J connectivity index is 2.09. The zero-order valence-corrected chi connectivity index (χ0v) is 12.4. The minimum absolute atomic E-state index is 0.536. The van der Waals surface area contributed by atoms with Crippen LogP contribution in [0.1, 0.15) is 18.1 Å². The van der Waals surface area contributed by atoms with Gasteiger partial charge in [0.1, 0.15) is 0 Å². The number of aromatic nitrogens is 2. The van der Waals surface area contributed by atoms with Crippen LogP contribution in [0, 0.1) is 6.92 Å². The molecule has 0 fully saturated rings. The van der Waals surface area contributed by atoms with E-state index in [1.807, 2.05) is 0 Å². The molecular weight excluding hydrogens is 258 g/mol. The van der Waals surface area contributed by atoms with E-state index in [4.69, 9.17) is 5.73 Å². The highest BCUT2D eigenvalue weighted by Gasteiger charge is 2.14. The van der Waals surface area contributed by atoms with E-state index in [0.29, 0.717) is 5.82 Å². The van der Waals surface area contributed by atoms with Crippen molar-refractivity contribution >= 4 is 5.82 Å². The molecule has 0 spiro atoms. The summed E-state index contributed by atoms with van der Waals surface area (Å²) in [6.07, 6.45) is 1.04. The lowest BCUT2D eigenvalue weighted by Gasteiger charge is -2.06. The normalized spacial score (nSPS) is 10.8. The molecule has 0 aliphatic rings. The van der Waals surface area contributed by atoms with Crippen LogP contribution < -0.4 is 5.73 Å². The third-order valence-electron chi connectivity index (χ3n) is 3.79. The molecule has 1 aromatic heterocycles. The smallest absolute Gasteiger partial charge is 0.153 e. The van der Waals surface area contributed by atoms with E-state index in [2.05, 4.69) is 72.6 Å². The number of nitrogen functional groups attached to an aromatic ring is 1. The number of aryl methyl sites for hydroxylation is 2. The van der Waals surface area contributed by atoms with E-state index in [0.717, 1.165) is 28.8 Å². The summed E-state index contributed by atoms with van der Waals surface area (Å²) in [5.41, 5.74) is 12.7. The maximum Gasteiger partial charge on any atom is 0.153 e. The van der Waals surface area contributed by atoms with Gasteiger partial charge in [-0.2, -0.15) is 5.10 Å². The standard InChI is InChI=1S/C18H19N3/c1-3-13-6-10-15(11-7-13)17-16(18(19)21-20-17)14-8-4-12(2)5-9-14/h4-11H,3H2,1-2H3,(H3,19,20,21). The number of hydrogen-bond donors (Lipinski definition) is 2. The molecule has 0 radical (unpaired) electrons. The Labute approximate surface area is 124 Å². The maximum absolute atomic E-state index is 6.06. The largest absolute Gasteiger partial charge is 0.382 e. The SMILES string of the molecule is CCc1ccc(-c2[nH]nc(N)c2-c2ccc(C)cc2)cc1. The van der Waals surface area contributed by atoms with Gasteiger partial charge < -0.3 is 5.73 Å². The Hall–Kier alpha value is -2.55. The van der Waals surface area contributed by atoms with E-state index < -0.39 is 0 Å². The third-order valence-corrected chi connectivity index (χ3v) is 3.79. The second-order valence-electron chi connectivity index (χ2n) is 5.28. The van der Waals surface area contributed by atoms with Crippen LogP contribution in [0.25, 0.3) is 22.4 Å². The second-order valence-corrected chi connectivity index (χ2v) is 5.28. The highest BCUT2D eigenvalue weighted by molar-refractivity contribution is 5.87. The number of rotatable bonds is 3. The van der Waals surface area contributed by atoms with Crippen LogP contribution in [-0.2, 0) is 6.42 Å². The zero-order valence-electron chi connectivity index (χ0n) is 12.4. The molecule has 0 atom stereocenters. The van der Waals surface area contributed by atoms with Gasteiger partial charge in [0, 0.05) is 5.56 Å². The minimum atomic E-state index is 0.536. The highest BCUT2D eigenvalue weighted by atomic mass is 15.2. The van der Waals surface area contributed by atoms with Gasteiger partial charge in [-0.1, -0.05) is 61.0 Å². The van der Waals surface area contributed by atoms with Crippen molar-refractivity contribution in [2.45, 2.75) is 20.3 Å². The van der Waals surface area contributed by atoms with E-state index >= 15 is 0 Å². The molecule has 3 aromatic rings. The van der Waals surface area contributed by atoms with Crippen LogP contribution in [-0.4, -0.2) is 10.2 Å². The summed E-state index contributed by atoms with van der Waals surface area (Å²) in [7, 11) is 0. The first-order chi connectivity index (χ1) is 10.2. The quantitative estimate of drug-likeness (QED) is 0.754. The Kier molecular flexibility index (Phi) is 3.48. The summed E-state index contributed by atoms with van der Waals surface area (Å²) >= 11 is 0. The van der Waals surface area contributed by atoms with Gasteiger partial charge in [0.05, 0.1) is 11.3 Å². The summed E-state index contributed by atoms with van der Waals surface area (Å²) in [6.45, 7) is 4.23. The van der Waals surface area contributed by atoms with Gasteiger partial charge >= 0.3 is 0 Å². The lowest BCUT2D eigenvalue weighted by atomic mass is 9.99. The fraction of sp³-hybridized carbons (Fsp3) is 0.167. The number of anilines is 1. The van der Waals surface area contributed by atoms with Crippen molar-refractivity contribution in [1.29, 1.82) is 0 Å². The molecule has 2 aromatic carbocycles. The lowest BCUT2D eigenvalue weighted by Crippen LogP contribution is -1.89. The van der Waals surface area contributed by atoms with Crippen molar-refractivity contribution in [3.8, 4) is 22.4 Å². The van der Waals surface area contributed by atoms with Gasteiger partial charge in [-0.15, -0.1) is 0 Å². The first kappa shape index (κ1) is 13.4. The molecule has 0 saturated heterocycles. The highest BCUT2D eigenvalue weighted by Crippen LogP contribution is 2.34. The van der Waals surface area contributed by atoms with Crippen molar-refractivity contribution in [2.75, 3.05) is 5.73 Å². The van der Waals surface area contributed by atoms with Crippen LogP contribution >= 0.6 is 0 Å². The fourth-order valence-corrected chi connectivity index (χ4v) is 2.48. The van der Waals surface area contributed by atoms with Crippen LogP contribution in [0.3, 0.4) is 0 Å². The molecule has 0 saturated carbocycles. The zero-order chi connectivity index (χ0) is 14.8. The minimum Gasteiger partial charge on any atom is -0.382 e. The Bertz CT molecular complexity index is 737. The van der Waals surface area contributed by atoms with Gasteiger partial charge in [-0.05, 0) is 24.5 Å². The van der Waals surface area contributed by atoms with Gasteiger partial charge in [0.25, 0.3) is 0 Å². The molecule has 0 aliphatic heterocycles. The number of benzene rings is 2. The van der Waals surface area contributed by atoms with E-state index in [9.17, 15) is 0 Å². The molecule has 1 heterocycles. The van der Waals surface area contributed by atoms with Crippen LogP contribution in [0.15, 0.2) is 48.5 Å². The maximum atomic E-state index is 6.06. The summed E-state index contributed by atoms with van der Waals surface area (Å²) in [4.78, 5) is 0. The number of nitrogens with zero attached hydrogens (tertiary/aromatic N) is 1. The van der Waals surface area contributed by atoms with Crippen LogP contribution in [0.2, 0.25) is 0 Å². The monoisotopic (exact) mass is 277 g/mol. The summed E-state index contributed by atoms with van der Waals surface area (Å²) in [6, 6.07) is 16.9. The van der Waals surface area contributed by atoms with Gasteiger partial charge in [0.2, 0.25) is 0 Å². The average molecular weight is 277 g/mol.